The molecule has 0 saturated carbocycles. The van der Waals surface area contributed by atoms with Gasteiger partial charge in [0.2, 0.25) is 0 Å². The minimum Gasteiger partial charge on any atom is -0.496 e. The van der Waals surface area contributed by atoms with Crippen LogP contribution in [0.4, 0.5) is 0 Å². The molecule has 4 nitrogen and oxygen atoms in total. The second kappa shape index (κ2) is 7.04. The van der Waals surface area contributed by atoms with Crippen LogP contribution < -0.4 is 9.47 Å². The van der Waals surface area contributed by atoms with Gasteiger partial charge in [-0.3, -0.25) is 9.59 Å². The third-order valence-electron chi connectivity index (χ3n) is 2.88. The zero-order valence-electron chi connectivity index (χ0n) is 11.3. The minimum absolute atomic E-state index is 0.135. The first-order valence-corrected chi connectivity index (χ1v) is 6.98. The van der Waals surface area contributed by atoms with E-state index >= 15 is 0 Å². The smallest absolute Gasteiger partial charge is 0.200 e. The van der Waals surface area contributed by atoms with Crippen molar-refractivity contribution in [1.82, 2.24) is 0 Å². The van der Waals surface area contributed by atoms with Crippen LogP contribution >= 0.6 is 15.9 Å². The molecule has 0 amide bonds. The molecule has 0 aliphatic heterocycles. The Bertz CT molecular complexity index is 667. The van der Waals surface area contributed by atoms with Gasteiger partial charge < -0.3 is 9.47 Å². The number of benzene rings is 2. The number of hydrogen-bond acceptors (Lipinski definition) is 4. The normalized spacial score (nSPS) is 10.0. The van der Waals surface area contributed by atoms with Gasteiger partial charge in [-0.25, -0.2) is 0 Å². The average molecular weight is 349 g/mol. The van der Waals surface area contributed by atoms with Gasteiger partial charge in [-0.05, 0) is 46.3 Å². The van der Waals surface area contributed by atoms with Crippen molar-refractivity contribution in [3.8, 4) is 11.5 Å². The van der Waals surface area contributed by atoms with Crippen molar-refractivity contribution in [2.75, 3.05) is 13.7 Å². The number of ether oxygens (including phenoxy) is 2. The van der Waals surface area contributed by atoms with Gasteiger partial charge in [0.15, 0.2) is 18.7 Å². The van der Waals surface area contributed by atoms with Gasteiger partial charge in [0, 0.05) is 5.56 Å². The Hall–Kier alpha value is -2.14. The number of aldehydes is 1. The van der Waals surface area contributed by atoms with Gasteiger partial charge >= 0.3 is 0 Å². The van der Waals surface area contributed by atoms with Crippen LogP contribution in [0.25, 0.3) is 0 Å². The monoisotopic (exact) mass is 348 g/mol. The molecule has 0 atom stereocenters. The Morgan fingerprint density at radius 1 is 1.19 bits per heavy atom. The van der Waals surface area contributed by atoms with Crippen molar-refractivity contribution in [2.45, 2.75) is 0 Å². The van der Waals surface area contributed by atoms with Crippen molar-refractivity contribution in [3.05, 3.63) is 58.1 Å². The molecule has 0 aromatic heterocycles. The molecule has 2 aromatic carbocycles. The van der Waals surface area contributed by atoms with Crippen molar-refractivity contribution in [1.29, 1.82) is 0 Å². The Morgan fingerprint density at radius 3 is 2.62 bits per heavy atom. The van der Waals surface area contributed by atoms with Crippen LogP contribution in [0.5, 0.6) is 11.5 Å². The topological polar surface area (TPSA) is 52.6 Å². The highest BCUT2D eigenvalue weighted by Crippen LogP contribution is 2.26. The van der Waals surface area contributed by atoms with E-state index in [1.54, 1.807) is 49.6 Å². The van der Waals surface area contributed by atoms with Gasteiger partial charge in [-0.2, -0.15) is 0 Å². The fraction of sp³-hybridized carbons (Fsp3) is 0.125. The van der Waals surface area contributed by atoms with Crippen molar-refractivity contribution >= 4 is 28.0 Å². The standard InChI is InChI=1S/C16H13BrO4/c1-20-16-7-6-11(8-13(16)17)14(19)10-21-15-5-3-2-4-12(15)9-18/h2-9H,10H2,1H3. The highest BCUT2D eigenvalue weighted by molar-refractivity contribution is 9.10. The second-order valence-corrected chi connectivity index (χ2v) is 5.07. The number of para-hydroxylation sites is 1. The van der Waals surface area contributed by atoms with Crippen LogP contribution in [0.3, 0.4) is 0 Å². The van der Waals surface area contributed by atoms with Crippen LogP contribution in [0.1, 0.15) is 20.7 Å². The van der Waals surface area contributed by atoms with Gasteiger partial charge in [0.25, 0.3) is 0 Å². The highest BCUT2D eigenvalue weighted by atomic mass is 79.9. The van der Waals surface area contributed by atoms with E-state index in [0.29, 0.717) is 33.4 Å². The second-order valence-electron chi connectivity index (χ2n) is 4.22. The Kier molecular flexibility index (Phi) is 5.11. The summed E-state index contributed by atoms with van der Waals surface area (Å²) in [6.45, 7) is -0.135. The summed E-state index contributed by atoms with van der Waals surface area (Å²) in [4.78, 5) is 23.0. The number of Topliss-reactive ketones (excluding diaryl/α,β-unsaturated/α-hetero) is 1. The van der Waals surface area contributed by atoms with E-state index in [1.165, 1.54) is 0 Å². The van der Waals surface area contributed by atoms with Crippen molar-refractivity contribution < 1.29 is 19.1 Å². The Labute approximate surface area is 130 Å². The van der Waals surface area contributed by atoms with Gasteiger partial charge in [-0.1, -0.05) is 12.1 Å². The summed E-state index contributed by atoms with van der Waals surface area (Å²) in [7, 11) is 1.56. The quantitative estimate of drug-likeness (QED) is 0.591. The van der Waals surface area contributed by atoms with Crippen molar-refractivity contribution in [2.24, 2.45) is 0 Å². The number of carbonyl (C=O) groups is 2. The number of halogens is 1. The molecule has 0 fully saturated rings. The molecule has 0 heterocycles. The zero-order chi connectivity index (χ0) is 15.2. The summed E-state index contributed by atoms with van der Waals surface area (Å²) < 4.78 is 11.2. The van der Waals surface area contributed by atoms with E-state index < -0.39 is 0 Å². The van der Waals surface area contributed by atoms with E-state index in [4.69, 9.17) is 9.47 Å². The van der Waals surface area contributed by atoms with Crippen molar-refractivity contribution in [3.63, 3.8) is 0 Å². The molecule has 0 aliphatic rings. The molecule has 108 valence electrons. The fourth-order valence-electron chi connectivity index (χ4n) is 1.78. The SMILES string of the molecule is COc1ccc(C(=O)COc2ccccc2C=O)cc1Br. The summed E-state index contributed by atoms with van der Waals surface area (Å²) in [5.74, 6) is 0.867. The van der Waals surface area contributed by atoms with E-state index in [-0.39, 0.29) is 12.4 Å². The minimum atomic E-state index is -0.181. The molecular weight excluding hydrogens is 336 g/mol. The lowest BCUT2D eigenvalue weighted by Crippen LogP contribution is -2.12. The van der Waals surface area contributed by atoms with Gasteiger partial charge in [-0.15, -0.1) is 0 Å². The average Bonchev–Trinajstić information content (AvgIpc) is 2.52. The van der Waals surface area contributed by atoms with E-state index in [9.17, 15) is 9.59 Å². The van der Waals surface area contributed by atoms with Gasteiger partial charge in [0.05, 0.1) is 17.1 Å². The lowest BCUT2D eigenvalue weighted by molar-refractivity contribution is 0.0918. The molecular formula is C16H13BrO4. The molecule has 0 saturated heterocycles. The van der Waals surface area contributed by atoms with Gasteiger partial charge in [0.1, 0.15) is 11.5 Å². The van der Waals surface area contributed by atoms with E-state index in [2.05, 4.69) is 15.9 Å². The third kappa shape index (κ3) is 3.70. The predicted octanol–water partition coefficient (Wildman–Crippen LogP) is 3.53. The molecule has 2 rings (SSSR count). The number of ketones is 1. The maximum absolute atomic E-state index is 12.1. The molecule has 2 aromatic rings. The first kappa shape index (κ1) is 15.3. The molecule has 0 radical (unpaired) electrons. The summed E-state index contributed by atoms with van der Waals surface area (Å²) in [5, 5.41) is 0. The third-order valence-corrected chi connectivity index (χ3v) is 3.50. The molecule has 21 heavy (non-hydrogen) atoms. The van der Waals surface area contributed by atoms with Crippen LogP contribution in [0.15, 0.2) is 46.9 Å². The molecule has 0 spiro atoms. The van der Waals surface area contributed by atoms with Crippen LogP contribution in [-0.4, -0.2) is 25.8 Å². The Morgan fingerprint density at radius 2 is 1.95 bits per heavy atom. The first-order valence-electron chi connectivity index (χ1n) is 6.19. The predicted molar refractivity (Wildman–Crippen MR) is 82.3 cm³/mol. The number of carbonyl (C=O) groups excluding carboxylic acids is 2. The molecule has 0 aliphatic carbocycles. The molecule has 0 bridgehead atoms. The molecule has 0 N–H and O–H groups in total. The maximum atomic E-state index is 12.1. The number of rotatable bonds is 6. The summed E-state index contributed by atoms with van der Waals surface area (Å²) in [6.07, 6.45) is 0.698. The van der Waals surface area contributed by atoms with Crippen LogP contribution in [0.2, 0.25) is 0 Å². The lowest BCUT2D eigenvalue weighted by atomic mass is 10.1. The zero-order valence-corrected chi connectivity index (χ0v) is 12.9. The summed E-state index contributed by atoms with van der Waals surface area (Å²) in [6, 6.07) is 11.8. The number of methoxy groups -OCH3 is 1. The van der Waals surface area contributed by atoms with Crippen LogP contribution in [0, 0.1) is 0 Å². The lowest BCUT2D eigenvalue weighted by Gasteiger charge is -2.09. The largest absolute Gasteiger partial charge is 0.496 e. The maximum Gasteiger partial charge on any atom is 0.200 e. The number of hydrogen-bond donors (Lipinski definition) is 0. The highest BCUT2D eigenvalue weighted by Gasteiger charge is 2.11. The van der Waals surface area contributed by atoms with E-state index in [1.807, 2.05) is 0 Å². The van der Waals surface area contributed by atoms with Crippen LogP contribution in [-0.2, 0) is 0 Å². The molecule has 5 heteroatoms. The first-order chi connectivity index (χ1) is 10.2. The van der Waals surface area contributed by atoms with E-state index in [0.717, 1.165) is 0 Å². The molecule has 0 unspecified atom stereocenters. The Balaban J connectivity index is 2.08. The summed E-state index contributed by atoms with van der Waals surface area (Å²) >= 11 is 3.33. The fourth-order valence-corrected chi connectivity index (χ4v) is 2.32. The summed E-state index contributed by atoms with van der Waals surface area (Å²) in [5.41, 5.74) is 0.924.